The van der Waals surface area contributed by atoms with Crippen molar-refractivity contribution in [2.75, 3.05) is 19.8 Å². The number of aliphatic hydroxyl groups excluding tert-OH is 1. The Balaban J connectivity index is 1.97. The summed E-state index contributed by atoms with van der Waals surface area (Å²) in [6.07, 6.45) is 1.16. The van der Waals surface area contributed by atoms with Crippen LogP contribution in [0.3, 0.4) is 0 Å². The summed E-state index contributed by atoms with van der Waals surface area (Å²) in [7, 11) is 0. The first-order valence-electron chi connectivity index (χ1n) is 9.74. The zero-order chi connectivity index (χ0) is 20.0. The highest BCUT2D eigenvalue weighted by Gasteiger charge is 2.74. The molecule has 3 saturated heterocycles. The van der Waals surface area contributed by atoms with E-state index in [-0.39, 0.29) is 37.7 Å². The number of fused-ring (bicyclic) bond motifs is 1. The number of amides is 2. The van der Waals surface area contributed by atoms with Gasteiger partial charge in [-0.2, -0.15) is 0 Å². The lowest BCUT2D eigenvalue weighted by Gasteiger charge is -2.35. The number of carbonyl (C=O) groups excluding carboxylic acids is 3. The molecule has 2 unspecified atom stereocenters. The van der Waals surface area contributed by atoms with Crippen LogP contribution in [0.15, 0.2) is 0 Å². The van der Waals surface area contributed by atoms with Crippen LogP contribution in [0.2, 0.25) is 0 Å². The molecule has 2 amide bonds. The normalized spacial score (nSPS) is 34.7. The zero-order valence-electron chi connectivity index (χ0n) is 16.5. The van der Waals surface area contributed by atoms with Gasteiger partial charge in [-0.1, -0.05) is 0 Å². The molecule has 3 heterocycles. The van der Waals surface area contributed by atoms with Gasteiger partial charge in [0.05, 0.1) is 24.5 Å². The van der Waals surface area contributed by atoms with E-state index in [9.17, 15) is 19.5 Å². The average molecular weight is 382 g/mol. The summed E-state index contributed by atoms with van der Waals surface area (Å²) in [6, 6.07) is -0.801. The van der Waals surface area contributed by atoms with Gasteiger partial charge in [0.15, 0.2) is 0 Å². The molecule has 27 heavy (non-hydrogen) atoms. The molecule has 1 spiro atoms. The molecular weight excluding hydrogens is 352 g/mol. The van der Waals surface area contributed by atoms with Gasteiger partial charge in [-0.25, -0.2) is 0 Å². The van der Waals surface area contributed by atoms with Gasteiger partial charge in [0.25, 0.3) is 0 Å². The fourth-order valence-corrected chi connectivity index (χ4v) is 4.88. The van der Waals surface area contributed by atoms with E-state index in [0.29, 0.717) is 19.3 Å². The minimum absolute atomic E-state index is 0.0835. The SMILES string of the molecule is CCOC(=O)[C@@H]1[C@@H]2CCC3(O2)C(C(=O)NC(C)(C)C)N(CCCO)C(=O)[C@H]13. The number of ether oxygens (including phenoxy) is 2. The predicted octanol–water partition coefficient (Wildman–Crippen LogP) is 0.221. The molecule has 0 aliphatic carbocycles. The summed E-state index contributed by atoms with van der Waals surface area (Å²) in [6.45, 7) is 7.76. The van der Waals surface area contributed by atoms with E-state index in [1.807, 2.05) is 20.8 Å². The molecule has 3 fully saturated rings. The van der Waals surface area contributed by atoms with Crippen LogP contribution in [-0.2, 0) is 23.9 Å². The van der Waals surface area contributed by atoms with Gasteiger partial charge in [-0.05, 0) is 47.0 Å². The second-order valence-electron chi connectivity index (χ2n) is 8.66. The van der Waals surface area contributed by atoms with Crippen molar-refractivity contribution in [1.82, 2.24) is 10.2 Å². The van der Waals surface area contributed by atoms with Crippen molar-refractivity contribution in [3.05, 3.63) is 0 Å². The molecule has 0 radical (unpaired) electrons. The molecule has 0 saturated carbocycles. The summed E-state index contributed by atoms with van der Waals surface area (Å²) in [5.41, 5.74) is -1.46. The standard InChI is InChI=1S/C19H30N2O6/c1-5-26-17(25)12-11-7-8-19(27-11)13(12)16(24)21(9-6-10-22)14(19)15(23)20-18(2,3)4/h11-14,22H,5-10H2,1-4H3,(H,20,23)/t11-,12+,13-,14?,19?/m0/s1. The van der Waals surface area contributed by atoms with Crippen LogP contribution in [0.25, 0.3) is 0 Å². The zero-order valence-corrected chi connectivity index (χ0v) is 16.5. The van der Waals surface area contributed by atoms with Crippen molar-refractivity contribution in [2.45, 2.75) is 70.2 Å². The second-order valence-corrected chi connectivity index (χ2v) is 8.66. The maximum Gasteiger partial charge on any atom is 0.312 e. The topological polar surface area (TPSA) is 105 Å². The molecule has 2 bridgehead atoms. The first-order valence-corrected chi connectivity index (χ1v) is 9.74. The highest BCUT2D eigenvalue weighted by Crippen LogP contribution is 2.58. The number of rotatable bonds is 6. The summed E-state index contributed by atoms with van der Waals surface area (Å²) < 4.78 is 11.4. The quantitative estimate of drug-likeness (QED) is 0.637. The molecule has 0 aromatic carbocycles. The van der Waals surface area contributed by atoms with Crippen LogP contribution in [0.5, 0.6) is 0 Å². The van der Waals surface area contributed by atoms with Gasteiger partial charge in [-0.15, -0.1) is 0 Å². The molecular formula is C19H30N2O6. The first-order chi connectivity index (χ1) is 12.7. The van der Waals surface area contributed by atoms with Crippen molar-refractivity contribution in [3.63, 3.8) is 0 Å². The van der Waals surface area contributed by atoms with Gasteiger partial charge in [-0.3, -0.25) is 14.4 Å². The van der Waals surface area contributed by atoms with E-state index in [0.717, 1.165) is 0 Å². The van der Waals surface area contributed by atoms with Crippen molar-refractivity contribution < 1.29 is 29.0 Å². The van der Waals surface area contributed by atoms with E-state index in [4.69, 9.17) is 9.47 Å². The van der Waals surface area contributed by atoms with E-state index in [1.165, 1.54) is 4.90 Å². The third-order valence-electron chi connectivity index (χ3n) is 5.66. The molecule has 8 heteroatoms. The Kier molecular flexibility index (Phi) is 5.24. The fourth-order valence-electron chi connectivity index (χ4n) is 4.88. The Morgan fingerprint density at radius 2 is 2.11 bits per heavy atom. The van der Waals surface area contributed by atoms with Crippen molar-refractivity contribution >= 4 is 17.8 Å². The van der Waals surface area contributed by atoms with Gasteiger partial charge in [0.1, 0.15) is 11.6 Å². The number of likely N-dealkylation sites (tertiary alicyclic amines) is 1. The maximum absolute atomic E-state index is 13.3. The minimum Gasteiger partial charge on any atom is -0.466 e. The highest BCUT2D eigenvalue weighted by molar-refractivity contribution is 5.98. The summed E-state index contributed by atoms with van der Waals surface area (Å²) >= 11 is 0. The molecule has 3 aliphatic heterocycles. The van der Waals surface area contributed by atoms with Gasteiger partial charge in [0, 0.05) is 18.7 Å². The van der Waals surface area contributed by atoms with Gasteiger partial charge in [0.2, 0.25) is 11.8 Å². The third kappa shape index (κ3) is 3.23. The van der Waals surface area contributed by atoms with Gasteiger partial charge >= 0.3 is 5.97 Å². The predicted molar refractivity (Wildman–Crippen MR) is 95.6 cm³/mol. The number of aliphatic hydroxyl groups is 1. The summed E-state index contributed by atoms with van der Waals surface area (Å²) in [5.74, 6) is -2.33. The number of esters is 1. The lowest BCUT2D eigenvalue weighted by atomic mass is 9.70. The largest absolute Gasteiger partial charge is 0.466 e. The number of hydrogen-bond donors (Lipinski definition) is 2. The van der Waals surface area contributed by atoms with E-state index < -0.39 is 35.0 Å². The first kappa shape index (κ1) is 20.1. The second kappa shape index (κ2) is 7.05. The molecule has 0 aromatic heterocycles. The van der Waals surface area contributed by atoms with E-state index >= 15 is 0 Å². The fraction of sp³-hybridized carbons (Fsp3) is 0.842. The Hall–Kier alpha value is -1.67. The number of nitrogens with zero attached hydrogens (tertiary/aromatic N) is 1. The lowest BCUT2D eigenvalue weighted by Crippen LogP contribution is -2.58. The highest BCUT2D eigenvalue weighted by atomic mass is 16.6. The van der Waals surface area contributed by atoms with Crippen molar-refractivity contribution in [1.29, 1.82) is 0 Å². The maximum atomic E-state index is 13.3. The molecule has 2 N–H and O–H groups in total. The Morgan fingerprint density at radius 3 is 2.70 bits per heavy atom. The van der Waals surface area contributed by atoms with E-state index in [1.54, 1.807) is 6.92 Å². The van der Waals surface area contributed by atoms with Gasteiger partial charge < -0.3 is 24.8 Å². The molecule has 152 valence electrons. The monoisotopic (exact) mass is 382 g/mol. The van der Waals surface area contributed by atoms with Crippen LogP contribution in [0.1, 0.15) is 47.0 Å². The van der Waals surface area contributed by atoms with E-state index in [2.05, 4.69) is 5.32 Å². The minimum atomic E-state index is -0.996. The average Bonchev–Trinajstić information content (AvgIpc) is 3.19. The molecule has 3 rings (SSSR count). The van der Waals surface area contributed by atoms with Crippen LogP contribution >= 0.6 is 0 Å². The number of nitrogens with one attached hydrogen (secondary N) is 1. The van der Waals surface area contributed by atoms with Crippen LogP contribution < -0.4 is 5.32 Å². The summed E-state index contributed by atoms with van der Waals surface area (Å²) in [4.78, 5) is 40.4. The molecule has 8 nitrogen and oxygen atoms in total. The molecule has 3 aliphatic rings. The molecule has 0 aromatic rings. The third-order valence-corrected chi connectivity index (χ3v) is 5.66. The van der Waals surface area contributed by atoms with Crippen molar-refractivity contribution in [3.8, 4) is 0 Å². The Morgan fingerprint density at radius 1 is 1.41 bits per heavy atom. The Bertz CT molecular complexity index is 630. The molecule has 5 atom stereocenters. The lowest BCUT2D eigenvalue weighted by molar-refractivity contribution is -0.154. The van der Waals surface area contributed by atoms with Crippen LogP contribution in [-0.4, -0.2) is 70.8 Å². The number of hydrogen-bond acceptors (Lipinski definition) is 6. The smallest absolute Gasteiger partial charge is 0.312 e. The van der Waals surface area contributed by atoms with Crippen LogP contribution in [0.4, 0.5) is 0 Å². The van der Waals surface area contributed by atoms with Crippen LogP contribution in [0, 0.1) is 11.8 Å². The van der Waals surface area contributed by atoms with Crippen molar-refractivity contribution in [2.24, 2.45) is 11.8 Å². The number of carbonyl (C=O) groups is 3. The summed E-state index contributed by atoms with van der Waals surface area (Å²) in [5, 5.41) is 12.2. The Labute approximate surface area is 159 Å².